The standard InChI is InChI=1S/C14H11ClN2O/c1-9-4-2-3-5-13(9)18-14-7-12(17)11(15)6-10(14)8-16/h2-7H,17H2,1H3. The van der Waals surface area contributed by atoms with Gasteiger partial charge >= 0.3 is 0 Å². The SMILES string of the molecule is Cc1ccccc1Oc1cc(N)c(Cl)cc1C#N. The zero-order valence-electron chi connectivity index (χ0n) is 9.77. The summed E-state index contributed by atoms with van der Waals surface area (Å²) in [5, 5.41) is 9.40. The number of anilines is 1. The molecule has 0 spiro atoms. The summed E-state index contributed by atoms with van der Waals surface area (Å²) in [6.45, 7) is 1.93. The third-order valence-electron chi connectivity index (χ3n) is 2.53. The average Bonchev–Trinajstić information content (AvgIpc) is 2.36. The number of halogens is 1. The molecular weight excluding hydrogens is 248 g/mol. The molecule has 0 radical (unpaired) electrons. The molecule has 0 heterocycles. The minimum absolute atomic E-state index is 0.351. The largest absolute Gasteiger partial charge is 0.456 e. The summed E-state index contributed by atoms with van der Waals surface area (Å²) in [6, 6.07) is 12.7. The topological polar surface area (TPSA) is 59.0 Å². The molecule has 2 aromatic carbocycles. The number of hydrogen-bond acceptors (Lipinski definition) is 3. The zero-order chi connectivity index (χ0) is 13.1. The van der Waals surface area contributed by atoms with Crippen molar-refractivity contribution >= 4 is 17.3 Å². The van der Waals surface area contributed by atoms with Gasteiger partial charge in [-0.3, -0.25) is 0 Å². The van der Waals surface area contributed by atoms with E-state index in [4.69, 9.17) is 27.3 Å². The Kier molecular flexibility index (Phi) is 3.40. The fourth-order valence-electron chi connectivity index (χ4n) is 1.53. The first-order valence-corrected chi connectivity index (χ1v) is 5.72. The molecule has 0 aromatic heterocycles. The van der Waals surface area contributed by atoms with E-state index in [1.165, 1.54) is 6.07 Å². The Bertz CT molecular complexity index is 632. The summed E-state index contributed by atoms with van der Waals surface area (Å²) in [5.41, 5.74) is 7.44. The summed E-state index contributed by atoms with van der Waals surface area (Å²) < 4.78 is 5.71. The predicted molar refractivity (Wildman–Crippen MR) is 71.8 cm³/mol. The van der Waals surface area contributed by atoms with Crippen molar-refractivity contribution in [2.24, 2.45) is 0 Å². The van der Waals surface area contributed by atoms with E-state index in [1.807, 2.05) is 37.3 Å². The van der Waals surface area contributed by atoms with Crippen LogP contribution in [0.2, 0.25) is 5.02 Å². The van der Waals surface area contributed by atoms with Crippen LogP contribution in [0.4, 0.5) is 5.69 Å². The van der Waals surface area contributed by atoms with Gasteiger partial charge in [0.2, 0.25) is 0 Å². The molecule has 0 aliphatic carbocycles. The molecule has 2 aromatic rings. The van der Waals surface area contributed by atoms with Crippen molar-refractivity contribution in [1.82, 2.24) is 0 Å². The van der Waals surface area contributed by atoms with Gasteiger partial charge in [0.15, 0.2) is 0 Å². The van der Waals surface area contributed by atoms with Crippen LogP contribution in [0.5, 0.6) is 11.5 Å². The number of nitrogen functional groups attached to an aromatic ring is 1. The minimum atomic E-state index is 0.351. The van der Waals surface area contributed by atoms with Gasteiger partial charge in [-0.1, -0.05) is 29.8 Å². The van der Waals surface area contributed by atoms with Gasteiger partial charge in [-0.05, 0) is 24.6 Å². The van der Waals surface area contributed by atoms with Crippen molar-refractivity contribution in [3.8, 4) is 17.6 Å². The molecule has 0 atom stereocenters. The van der Waals surface area contributed by atoms with E-state index in [9.17, 15) is 0 Å². The van der Waals surface area contributed by atoms with Crippen LogP contribution >= 0.6 is 11.6 Å². The van der Waals surface area contributed by atoms with E-state index < -0.39 is 0 Å². The Morgan fingerprint density at radius 1 is 1.22 bits per heavy atom. The van der Waals surface area contributed by atoms with Crippen LogP contribution in [0.3, 0.4) is 0 Å². The maximum Gasteiger partial charge on any atom is 0.147 e. The van der Waals surface area contributed by atoms with Crippen molar-refractivity contribution in [3.05, 3.63) is 52.5 Å². The first-order chi connectivity index (χ1) is 8.61. The maximum atomic E-state index is 9.05. The Labute approximate surface area is 110 Å². The van der Waals surface area contributed by atoms with Crippen LogP contribution in [-0.2, 0) is 0 Å². The Balaban J connectivity index is 2.44. The van der Waals surface area contributed by atoms with Crippen LogP contribution in [0, 0.1) is 18.3 Å². The van der Waals surface area contributed by atoms with E-state index in [1.54, 1.807) is 6.07 Å². The van der Waals surface area contributed by atoms with Crippen LogP contribution in [0.25, 0.3) is 0 Å². The first kappa shape index (κ1) is 12.3. The van der Waals surface area contributed by atoms with Crippen LogP contribution in [0.1, 0.15) is 11.1 Å². The van der Waals surface area contributed by atoms with Gasteiger partial charge in [-0.2, -0.15) is 5.26 Å². The molecule has 0 aliphatic heterocycles. The number of benzene rings is 2. The highest BCUT2D eigenvalue weighted by molar-refractivity contribution is 6.33. The van der Waals surface area contributed by atoms with E-state index >= 15 is 0 Å². The second-order valence-corrected chi connectivity index (χ2v) is 4.26. The Morgan fingerprint density at radius 2 is 1.94 bits per heavy atom. The number of para-hydroxylation sites is 1. The molecule has 3 nitrogen and oxygen atoms in total. The number of ether oxygens (including phenoxy) is 1. The van der Waals surface area contributed by atoms with E-state index in [-0.39, 0.29) is 0 Å². The van der Waals surface area contributed by atoms with Gasteiger partial charge in [-0.15, -0.1) is 0 Å². The highest BCUT2D eigenvalue weighted by Crippen LogP contribution is 2.32. The van der Waals surface area contributed by atoms with Crippen molar-refractivity contribution in [3.63, 3.8) is 0 Å². The number of nitriles is 1. The van der Waals surface area contributed by atoms with Gasteiger partial charge in [0.1, 0.15) is 17.6 Å². The second kappa shape index (κ2) is 4.99. The quantitative estimate of drug-likeness (QED) is 0.831. The first-order valence-electron chi connectivity index (χ1n) is 5.34. The van der Waals surface area contributed by atoms with Gasteiger partial charge < -0.3 is 10.5 Å². The number of aryl methyl sites for hydroxylation is 1. The molecular formula is C14H11ClN2O. The summed E-state index contributed by atoms with van der Waals surface area (Å²) in [7, 11) is 0. The smallest absolute Gasteiger partial charge is 0.147 e. The third-order valence-corrected chi connectivity index (χ3v) is 2.86. The van der Waals surface area contributed by atoms with Crippen molar-refractivity contribution in [1.29, 1.82) is 5.26 Å². The zero-order valence-corrected chi connectivity index (χ0v) is 10.5. The molecule has 18 heavy (non-hydrogen) atoms. The molecule has 0 fully saturated rings. The molecule has 90 valence electrons. The summed E-state index contributed by atoms with van der Waals surface area (Å²) in [5.74, 6) is 1.10. The molecule has 0 bridgehead atoms. The summed E-state index contributed by atoms with van der Waals surface area (Å²) >= 11 is 5.87. The summed E-state index contributed by atoms with van der Waals surface area (Å²) in [4.78, 5) is 0. The Hall–Kier alpha value is -2.18. The number of hydrogen-bond donors (Lipinski definition) is 1. The third kappa shape index (κ3) is 2.39. The maximum absolute atomic E-state index is 9.05. The van der Waals surface area contributed by atoms with Crippen molar-refractivity contribution in [2.75, 3.05) is 5.73 Å². The van der Waals surface area contributed by atoms with Crippen molar-refractivity contribution in [2.45, 2.75) is 6.92 Å². The van der Waals surface area contributed by atoms with Crippen LogP contribution in [-0.4, -0.2) is 0 Å². The van der Waals surface area contributed by atoms with Gasteiger partial charge in [0.05, 0.1) is 16.3 Å². The molecule has 0 amide bonds. The average molecular weight is 259 g/mol. The minimum Gasteiger partial charge on any atom is -0.456 e. The molecule has 0 saturated carbocycles. The highest BCUT2D eigenvalue weighted by Gasteiger charge is 2.09. The number of rotatable bonds is 2. The normalized spacial score (nSPS) is 9.83. The number of nitrogens with zero attached hydrogens (tertiary/aromatic N) is 1. The summed E-state index contributed by atoms with van der Waals surface area (Å²) in [6.07, 6.45) is 0. The number of nitrogens with two attached hydrogens (primary N) is 1. The van der Waals surface area contributed by atoms with Crippen LogP contribution < -0.4 is 10.5 Å². The Morgan fingerprint density at radius 3 is 2.61 bits per heavy atom. The fourth-order valence-corrected chi connectivity index (χ4v) is 1.69. The lowest BCUT2D eigenvalue weighted by atomic mass is 10.2. The lowest BCUT2D eigenvalue weighted by Crippen LogP contribution is -1.94. The van der Waals surface area contributed by atoms with Crippen LogP contribution in [0.15, 0.2) is 36.4 Å². The van der Waals surface area contributed by atoms with Gasteiger partial charge in [-0.25, -0.2) is 0 Å². The van der Waals surface area contributed by atoms with Gasteiger partial charge in [0.25, 0.3) is 0 Å². The molecule has 4 heteroatoms. The van der Waals surface area contributed by atoms with Crippen molar-refractivity contribution < 1.29 is 4.74 Å². The molecule has 2 rings (SSSR count). The monoisotopic (exact) mass is 258 g/mol. The van der Waals surface area contributed by atoms with E-state index in [0.29, 0.717) is 27.8 Å². The predicted octanol–water partition coefficient (Wildman–Crippen LogP) is 3.89. The highest BCUT2D eigenvalue weighted by atomic mass is 35.5. The molecule has 0 saturated heterocycles. The molecule has 0 unspecified atom stereocenters. The van der Waals surface area contributed by atoms with E-state index in [2.05, 4.69) is 0 Å². The van der Waals surface area contributed by atoms with E-state index in [0.717, 1.165) is 5.56 Å². The second-order valence-electron chi connectivity index (χ2n) is 3.85. The fraction of sp³-hybridized carbons (Fsp3) is 0.0714. The van der Waals surface area contributed by atoms with Gasteiger partial charge in [0, 0.05) is 6.07 Å². The lowest BCUT2D eigenvalue weighted by molar-refractivity contribution is 0.477. The lowest BCUT2D eigenvalue weighted by Gasteiger charge is -2.11. The molecule has 0 aliphatic rings. The molecule has 2 N–H and O–H groups in total.